The summed E-state index contributed by atoms with van der Waals surface area (Å²) in [5.74, 6) is -3.08. The number of aliphatic carboxylic acids is 1. The fourth-order valence-electron chi connectivity index (χ4n) is 1.36. The number of pyridine rings is 1. The minimum atomic E-state index is -1.29. The first-order valence-corrected chi connectivity index (χ1v) is 5.36. The van der Waals surface area contributed by atoms with Crippen LogP contribution < -0.4 is 11.1 Å². The van der Waals surface area contributed by atoms with Gasteiger partial charge in [-0.15, -0.1) is 0 Å². The van der Waals surface area contributed by atoms with Gasteiger partial charge in [-0.2, -0.15) is 0 Å². The summed E-state index contributed by atoms with van der Waals surface area (Å²) in [7, 11) is 0. The maximum atomic E-state index is 11.7. The molecule has 2 amide bonds. The van der Waals surface area contributed by atoms with Gasteiger partial charge in [-0.1, -0.05) is 0 Å². The van der Waals surface area contributed by atoms with Gasteiger partial charge in [0.1, 0.15) is 11.8 Å². The van der Waals surface area contributed by atoms with Crippen LogP contribution in [0.3, 0.4) is 0 Å². The molecule has 5 N–H and O–H groups in total. The van der Waals surface area contributed by atoms with Gasteiger partial charge in [0, 0.05) is 12.6 Å². The maximum Gasteiger partial charge on any atom is 0.326 e. The first-order chi connectivity index (χ1) is 8.91. The van der Waals surface area contributed by atoms with Crippen LogP contribution in [0.25, 0.3) is 0 Å². The molecule has 0 fully saturated rings. The lowest BCUT2D eigenvalue weighted by Crippen LogP contribution is -2.41. The molecule has 1 unspecified atom stereocenters. The summed E-state index contributed by atoms with van der Waals surface area (Å²) >= 11 is 0. The van der Waals surface area contributed by atoms with Gasteiger partial charge in [0.05, 0.1) is 11.8 Å². The maximum absolute atomic E-state index is 11.7. The zero-order chi connectivity index (χ0) is 14.4. The third-order valence-corrected chi connectivity index (χ3v) is 2.33. The molecule has 0 aliphatic heterocycles. The highest BCUT2D eigenvalue weighted by atomic mass is 16.4. The number of primary amides is 1. The summed E-state index contributed by atoms with van der Waals surface area (Å²) in [5.41, 5.74) is 4.82. The highest BCUT2D eigenvalue weighted by Crippen LogP contribution is 2.14. The van der Waals surface area contributed by atoms with Gasteiger partial charge < -0.3 is 21.3 Å². The number of aromatic hydroxyl groups is 1. The summed E-state index contributed by atoms with van der Waals surface area (Å²) in [5, 5.41) is 20.5. The number of rotatable bonds is 6. The first kappa shape index (κ1) is 14.4. The van der Waals surface area contributed by atoms with Crippen molar-refractivity contribution >= 4 is 17.8 Å². The normalized spacial score (nSPS) is 11.6. The van der Waals surface area contributed by atoms with E-state index in [1.165, 1.54) is 12.3 Å². The monoisotopic (exact) mass is 267 g/mol. The molecule has 1 aromatic rings. The number of carboxylic acids is 1. The number of carbonyl (C=O) groups excluding carboxylic acids is 2. The lowest BCUT2D eigenvalue weighted by atomic mass is 10.1. The zero-order valence-corrected chi connectivity index (χ0v) is 9.87. The van der Waals surface area contributed by atoms with Gasteiger partial charge >= 0.3 is 5.97 Å². The van der Waals surface area contributed by atoms with Gasteiger partial charge in [0.25, 0.3) is 5.91 Å². The molecule has 8 nitrogen and oxygen atoms in total. The summed E-state index contributed by atoms with van der Waals surface area (Å²) in [4.78, 5) is 36.9. The third kappa shape index (κ3) is 4.26. The van der Waals surface area contributed by atoms with E-state index in [0.29, 0.717) is 0 Å². The van der Waals surface area contributed by atoms with Crippen LogP contribution >= 0.6 is 0 Å². The van der Waals surface area contributed by atoms with Crippen LogP contribution in [0.5, 0.6) is 5.75 Å². The average molecular weight is 267 g/mol. The van der Waals surface area contributed by atoms with Crippen LogP contribution in [0.2, 0.25) is 0 Å². The van der Waals surface area contributed by atoms with E-state index >= 15 is 0 Å². The van der Waals surface area contributed by atoms with E-state index in [0.717, 1.165) is 6.20 Å². The van der Waals surface area contributed by atoms with Crippen molar-refractivity contribution in [2.24, 2.45) is 5.73 Å². The van der Waals surface area contributed by atoms with Crippen molar-refractivity contribution in [3.8, 4) is 5.75 Å². The Kier molecular flexibility index (Phi) is 4.81. The molecule has 0 radical (unpaired) electrons. The highest BCUT2D eigenvalue weighted by molar-refractivity contribution is 5.98. The second kappa shape index (κ2) is 6.34. The Bertz CT molecular complexity index is 503. The molecule has 0 saturated carbocycles. The number of carboxylic acid groups (broad SMARTS) is 1. The molecule has 0 spiro atoms. The lowest BCUT2D eigenvalue weighted by Gasteiger charge is -2.14. The smallest absolute Gasteiger partial charge is 0.326 e. The number of nitrogens with two attached hydrogens (primary N) is 1. The standard InChI is InChI=1S/C11H13N3O5/c12-9(16)2-1-7(11(18)19)14-10(17)6-3-4-13-5-8(6)15/h3-5,7,15H,1-2H2,(H2,12,16)(H,14,17)(H,18,19). The fraction of sp³-hybridized carbons (Fsp3) is 0.273. The van der Waals surface area contributed by atoms with E-state index in [2.05, 4.69) is 10.3 Å². The van der Waals surface area contributed by atoms with Crippen LogP contribution in [-0.2, 0) is 9.59 Å². The topological polar surface area (TPSA) is 143 Å². The fourth-order valence-corrected chi connectivity index (χ4v) is 1.36. The van der Waals surface area contributed by atoms with Gasteiger partial charge in [0.2, 0.25) is 5.91 Å². The van der Waals surface area contributed by atoms with E-state index < -0.39 is 23.8 Å². The van der Waals surface area contributed by atoms with Crippen LogP contribution in [-0.4, -0.2) is 39.0 Å². The van der Waals surface area contributed by atoms with Crippen molar-refractivity contribution in [3.63, 3.8) is 0 Å². The van der Waals surface area contributed by atoms with Crippen molar-refractivity contribution in [1.29, 1.82) is 0 Å². The van der Waals surface area contributed by atoms with Crippen LogP contribution in [0.4, 0.5) is 0 Å². The number of aromatic nitrogens is 1. The Morgan fingerprint density at radius 2 is 2.11 bits per heavy atom. The number of amides is 2. The van der Waals surface area contributed by atoms with Crippen molar-refractivity contribution in [3.05, 3.63) is 24.0 Å². The zero-order valence-electron chi connectivity index (χ0n) is 9.87. The minimum absolute atomic E-state index is 0.0969. The molecule has 1 atom stereocenters. The lowest BCUT2D eigenvalue weighted by molar-refractivity contribution is -0.139. The van der Waals surface area contributed by atoms with E-state index in [1.807, 2.05) is 0 Å². The van der Waals surface area contributed by atoms with Crippen molar-refractivity contribution in [2.45, 2.75) is 18.9 Å². The molecule has 1 rings (SSSR count). The summed E-state index contributed by atoms with van der Waals surface area (Å²) in [6.45, 7) is 0. The number of nitrogens with one attached hydrogen (secondary N) is 1. The quantitative estimate of drug-likeness (QED) is 0.533. The second-order valence-corrected chi connectivity index (χ2v) is 3.76. The molecule has 1 heterocycles. The van der Waals surface area contributed by atoms with Gasteiger partial charge in [-0.3, -0.25) is 14.6 Å². The third-order valence-electron chi connectivity index (χ3n) is 2.33. The molecule has 0 bridgehead atoms. The molecule has 0 aliphatic rings. The summed E-state index contributed by atoms with van der Waals surface area (Å²) in [6.07, 6.45) is 2.06. The number of carbonyl (C=O) groups is 3. The Morgan fingerprint density at radius 1 is 1.42 bits per heavy atom. The minimum Gasteiger partial charge on any atom is -0.505 e. The Morgan fingerprint density at radius 3 is 2.63 bits per heavy atom. The summed E-state index contributed by atoms with van der Waals surface area (Å²) in [6, 6.07) is -0.00920. The molecule has 102 valence electrons. The Balaban J connectivity index is 2.74. The molecule has 0 saturated heterocycles. The molecular weight excluding hydrogens is 254 g/mol. The SMILES string of the molecule is NC(=O)CCC(NC(=O)c1ccncc1O)C(=O)O. The van der Waals surface area contributed by atoms with Crippen molar-refractivity contribution < 1.29 is 24.6 Å². The van der Waals surface area contributed by atoms with Crippen LogP contribution in [0, 0.1) is 0 Å². The van der Waals surface area contributed by atoms with Crippen LogP contribution in [0.15, 0.2) is 18.5 Å². The Labute approximate surface area is 108 Å². The van der Waals surface area contributed by atoms with Gasteiger partial charge in [-0.25, -0.2) is 4.79 Å². The summed E-state index contributed by atoms with van der Waals surface area (Å²) < 4.78 is 0. The molecular formula is C11H13N3O5. The second-order valence-electron chi connectivity index (χ2n) is 3.76. The molecule has 0 aromatic carbocycles. The van der Waals surface area contributed by atoms with E-state index in [9.17, 15) is 19.5 Å². The van der Waals surface area contributed by atoms with Crippen molar-refractivity contribution in [1.82, 2.24) is 10.3 Å². The van der Waals surface area contributed by atoms with Gasteiger partial charge in [-0.05, 0) is 12.5 Å². The molecule has 8 heteroatoms. The molecule has 0 aliphatic carbocycles. The molecule has 19 heavy (non-hydrogen) atoms. The first-order valence-electron chi connectivity index (χ1n) is 5.36. The highest BCUT2D eigenvalue weighted by Gasteiger charge is 2.22. The average Bonchev–Trinajstić information content (AvgIpc) is 2.34. The predicted octanol–water partition coefficient (Wildman–Crippen LogP) is -0.764. The number of nitrogens with zero attached hydrogens (tertiary/aromatic N) is 1. The predicted molar refractivity (Wildman–Crippen MR) is 63.2 cm³/mol. The van der Waals surface area contributed by atoms with Crippen LogP contribution in [0.1, 0.15) is 23.2 Å². The number of hydrogen-bond donors (Lipinski definition) is 4. The largest absolute Gasteiger partial charge is 0.505 e. The molecule has 1 aromatic heterocycles. The van der Waals surface area contributed by atoms with E-state index in [4.69, 9.17) is 10.8 Å². The van der Waals surface area contributed by atoms with Crippen molar-refractivity contribution in [2.75, 3.05) is 0 Å². The Hall–Kier alpha value is -2.64. The number of hydrogen-bond acceptors (Lipinski definition) is 5. The van der Waals surface area contributed by atoms with Gasteiger partial charge in [0.15, 0.2) is 0 Å². The van der Waals surface area contributed by atoms with E-state index in [1.54, 1.807) is 0 Å². The van der Waals surface area contributed by atoms with E-state index in [-0.39, 0.29) is 24.2 Å².